The third-order valence-electron chi connectivity index (χ3n) is 3.66. The molecule has 8 heteroatoms. The summed E-state index contributed by atoms with van der Waals surface area (Å²) in [5.41, 5.74) is 0.935. The van der Waals surface area contributed by atoms with Gasteiger partial charge in [0.2, 0.25) is 0 Å². The Hall–Kier alpha value is -3.55. The number of esters is 1. The summed E-state index contributed by atoms with van der Waals surface area (Å²) in [7, 11) is 2.97. The quantitative estimate of drug-likeness (QED) is 0.521. The number of anilines is 1. The van der Waals surface area contributed by atoms with Crippen molar-refractivity contribution in [1.82, 2.24) is 0 Å². The highest BCUT2D eigenvalue weighted by Crippen LogP contribution is 2.28. The maximum atomic E-state index is 12.0. The van der Waals surface area contributed by atoms with Gasteiger partial charge in [0.05, 0.1) is 19.9 Å². The van der Waals surface area contributed by atoms with Crippen LogP contribution in [0, 0.1) is 0 Å². The number of rotatable bonds is 9. The van der Waals surface area contributed by atoms with Crippen LogP contribution in [0.5, 0.6) is 17.2 Å². The molecule has 148 valence electrons. The Balaban J connectivity index is 1.81. The average molecular weight is 387 g/mol. The number of hydrogen-bond acceptors (Lipinski definition) is 7. The summed E-state index contributed by atoms with van der Waals surface area (Å²) < 4.78 is 20.4. The predicted molar refractivity (Wildman–Crippen MR) is 101 cm³/mol. The molecule has 0 atom stereocenters. The van der Waals surface area contributed by atoms with Crippen LogP contribution in [0.3, 0.4) is 0 Å². The Morgan fingerprint density at radius 2 is 1.57 bits per heavy atom. The van der Waals surface area contributed by atoms with E-state index < -0.39 is 18.5 Å². The SMILES string of the molecule is COc1ccc(OC)c(NC(=O)COC(=O)COc2ccc(C(C)=O)cc2)c1. The summed E-state index contributed by atoms with van der Waals surface area (Å²) in [6.45, 7) is 0.612. The molecular formula is C20H21NO7. The molecule has 0 aromatic heterocycles. The minimum atomic E-state index is -0.705. The fourth-order valence-corrected chi connectivity index (χ4v) is 2.21. The summed E-state index contributed by atoms with van der Waals surface area (Å²) in [6.07, 6.45) is 0. The van der Waals surface area contributed by atoms with Crippen molar-refractivity contribution in [3.63, 3.8) is 0 Å². The number of ether oxygens (including phenoxy) is 4. The number of hydrogen-bond donors (Lipinski definition) is 1. The van der Waals surface area contributed by atoms with Gasteiger partial charge >= 0.3 is 5.97 Å². The van der Waals surface area contributed by atoms with E-state index in [0.29, 0.717) is 28.5 Å². The lowest BCUT2D eigenvalue weighted by Crippen LogP contribution is -2.23. The predicted octanol–water partition coefficient (Wildman–Crippen LogP) is 2.47. The first-order valence-corrected chi connectivity index (χ1v) is 8.34. The normalized spacial score (nSPS) is 9.96. The van der Waals surface area contributed by atoms with E-state index >= 15 is 0 Å². The zero-order valence-electron chi connectivity index (χ0n) is 15.8. The Morgan fingerprint density at radius 1 is 0.893 bits per heavy atom. The number of methoxy groups -OCH3 is 2. The number of nitrogens with one attached hydrogen (secondary N) is 1. The molecule has 0 bridgehead atoms. The number of ketones is 1. The zero-order valence-corrected chi connectivity index (χ0v) is 15.8. The lowest BCUT2D eigenvalue weighted by Gasteiger charge is -2.12. The van der Waals surface area contributed by atoms with E-state index in [1.165, 1.54) is 21.1 Å². The third kappa shape index (κ3) is 6.01. The van der Waals surface area contributed by atoms with E-state index in [0.717, 1.165) is 0 Å². The first-order valence-electron chi connectivity index (χ1n) is 8.34. The second kappa shape index (κ2) is 9.96. The van der Waals surface area contributed by atoms with Gasteiger partial charge in [-0.3, -0.25) is 9.59 Å². The van der Waals surface area contributed by atoms with Gasteiger partial charge in [-0.15, -0.1) is 0 Å². The van der Waals surface area contributed by atoms with Crippen molar-refractivity contribution in [2.24, 2.45) is 0 Å². The molecule has 1 N–H and O–H groups in total. The largest absolute Gasteiger partial charge is 0.497 e. The fourth-order valence-electron chi connectivity index (χ4n) is 2.21. The maximum absolute atomic E-state index is 12.0. The van der Waals surface area contributed by atoms with Crippen molar-refractivity contribution in [1.29, 1.82) is 0 Å². The summed E-state index contributed by atoms with van der Waals surface area (Å²) in [5, 5.41) is 2.59. The van der Waals surface area contributed by atoms with Crippen molar-refractivity contribution < 1.29 is 33.3 Å². The monoisotopic (exact) mass is 387 g/mol. The molecule has 28 heavy (non-hydrogen) atoms. The first-order chi connectivity index (χ1) is 13.4. The maximum Gasteiger partial charge on any atom is 0.344 e. The molecule has 2 rings (SSSR count). The summed E-state index contributed by atoms with van der Waals surface area (Å²) in [6, 6.07) is 11.3. The minimum absolute atomic E-state index is 0.0651. The number of carbonyl (C=O) groups is 3. The highest BCUT2D eigenvalue weighted by Gasteiger charge is 2.12. The van der Waals surface area contributed by atoms with E-state index in [4.69, 9.17) is 18.9 Å². The molecule has 0 saturated heterocycles. The molecule has 0 saturated carbocycles. The van der Waals surface area contributed by atoms with Crippen LogP contribution in [0.4, 0.5) is 5.69 Å². The molecule has 8 nitrogen and oxygen atoms in total. The first kappa shape index (κ1) is 20.8. The molecular weight excluding hydrogens is 366 g/mol. The molecule has 1 amide bonds. The Morgan fingerprint density at radius 3 is 2.18 bits per heavy atom. The van der Waals surface area contributed by atoms with E-state index in [1.54, 1.807) is 42.5 Å². The van der Waals surface area contributed by atoms with Crippen LogP contribution in [0.15, 0.2) is 42.5 Å². The van der Waals surface area contributed by atoms with Crippen LogP contribution in [-0.2, 0) is 14.3 Å². The molecule has 0 unspecified atom stereocenters. The molecule has 2 aromatic rings. The second-order valence-corrected chi connectivity index (χ2v) is 5.64. The van der Waals surface area contributed by atoms with E-state index in [-0.39, 0.29) is 12.4 Å². The second-order valence-electron chi connectivity index (χ2n) is 5.64. The molecule has 2 aromatic carbocycles. The van der Waals surface area contributed by atoms with Crippen LogP contribution in [-0.4, -0.2) is 45.1 Å². The number of Topliss-reactive ketones (excluding diaryl/α,β-unsaturated/α-hetero) is 1. The van der Waals surface area contributed by atoms with Crippen LogP contribution in [0.1, 0.15) is 17.3 Å². The van der Waals surface area contributed by atoms with Crippen molar-refractivity contribution in [2.75, 3.05) is 32.8 Å². The van der Waals surface area contributed by atoms with Crippen LogP contribution in [0.2, 0.25) is 0 Å². The van der Waals surface area contributed by atoms with Crippen molar-refractivity contribution in [3.05, 3.63) is 48.0 Å². The minimum Gasteiger partial charge on any atom is -0.497 e. The summed E-state index contributed by atoms with van der Waals surface area (Å²) in [4.78, 5) is 35.0. The molecule has 0 aliphatic carbocycles. The van der Waals surface area contributed by atoms with Gasteiger partial charge in [-0.05, 0) is 43.3 Å². The van der Waals surface area contributed by atoms with E-state index in [9.17, 15) is 14.4 Å². The molecule has 0 heterocycles. The Kier molecular flexibility index (Phi) is 7.38. The lowest BCUT2D eigenvalue weighted by molar-refractivity contribution is -0.149. The third-order valence-corrected chi connectivity index (χ3v) is 3.66. The van der Waals surface area contributed by atoms with Crippen LogP contribution in [0.25, 0.3) is 0 Å². The lowest BCUT2D eigenvalue weighted by atomic mass is 10.1. The standard InChI is InChI=1S/C20H21NO7/c1-13(22)14-4-6-15(7-5-14)27-12-20(24)28-11-19(23)21-17-10-16(25-2)8-9-18(17)26-3/h4-10H,11-12H2,1-3H3,(H,21,23). The highest BCUT2D eigenvalue weighted by molar-refractivity contribution is 5.95. The number of amides is 1. The average Bonchev–Trinajstić information content (AvgIpc) is 2.70. The van der Waals surface area contributed by atoms with Crippen molar-refractivity contribution in [2.45, 2.75) is 6.92 Å². The van der Waals surface area contributed by atoms with Gasteiger partial charge in [0, 0.05) is 11.6 Å². The Labute approximate surface area is 162 Å². The number of carbonyl (C=O) groups excluding carboxylic acids is 3. The smallest absolute Gasteiger partial charge is 0.344 e. The van der Waals surface area contributed by atoms with Gasteiger partial charge in [-0.1, -0.05) is 0 Å². The van der Waals surface area contributed by atoms with E-state index in [2.05, 4.69) is 5.32 Å². The molecule has 0 radical (unpaired) electrons. The zero-order chi connectivity index (χ0) is 20.5. The Bertz CT molecular complexity index is 846. The van der Waals surface area contributed by atoms with Gasteiger partial charge in [-0.25, -0.2) is 4.79 Å². The van der Waals surface area contributed by atoms with Crippen molar-refractivity contribution in [3.8, 4) is 17.2 Å². The molecule has 0 spiro atoms. The van der Waals surface area contributed by atoms with Gasteiger partial charge in [0.25, 0.3) is 5.91 Å². The van der Waals surface area contributed by atoms with E-state index in [1.807, 2.05) is 0 Å². The van der Waals surface area contributed by atoms with Crippen LogP contribution >= 0.6 is 0 Å². The molecule has 0 fully saturated rings. The van der Waals surface area contributed by atoms with Crippen molar-refractivity contribution >= 4 is 23.3 Å². The molecule has 0 aliphatic rings. The summed E-state index contributed by atoms with van der Waals surface area (Å²) in [5.74, 6) is 0.0846. The van der Waals surface area contributed by atoms with Gasteiger partial charge < -0.3 is 24.3 Å². The van der Waals surface area contributed by atoms with Gasteiger partial charge in [0.1, 0.15) is 17.2 Å². The number of benzene rings is 2. The fraction of sp³-hybridized carbons (Fsp3) is 0.250. The van der Waals surface area contributed by atoms with Crippen LogP contribution < -0.4 is 19.5 Å². The van der Waals surface area contributed by atoms with Gasteiger partial charge in [-0.2, -0.15) is 0 Å². The highest BCUT2D eigenvalue weighted by atomic mass is 16.6. The molecule has 0 aliphatic heterocycles. The van der Waals surface area contributed by atoms with Gasteiger partial charge in [0.15, 0.2) is 19.0 Å². The summed E-state index contributed by atoms with van der Waals surface area (Å²) >= 11 is 0. The topological polar surface area (TPSA) is 100 Å².